The van der Waals surface area contributed by atoms with Crippen LogP contribution in [0.5, 0.6) is 0 Å². The molecular weight excluding hydrogens is 410 g/mol. The Labute approximate surface area is 143 Å². The third-order valence-electron chi connectivity index (χ3n) is 4.62. The van der Waals surface area contributed by atoms with Crippen LogP contribution in [0.25, 0.3) is 0 Å². The standard InChI is InChI=1S/C14H23F3IN3O/c1-19(10-14(15,16)17)12-4-6-20(7-5-12)13(22)11-2-8-21(18)9-3-11/h11-12H,2-10H2,1H3. The fourth-order valence-corrected chi connectivity index (χ4v) is 3.85. The van der Waals surface area contributed by atoms with Crippen molar-refractivity contribution in [1.82, 2.24) is 12.9 Å². The summed E-state index contributed by atoms with van der Waals surface area (Å²) in [5.41, 5.74) is 0. The maximum atomic E-state index is 12.5. The van der Waals surface area contributed by atoms with Crippen LogP contribution in [0.15, 0.2) is 0 Å². The van der Waals surface area contributed by atoms with Gasteiger partial charge in [0.25, 0.3) is 0 Å². The smallest absolute Gasteiger partial charge is 0.342 e. The summed E-state index contributed by atoms with van der Waals surface area (Å²) in [6.07, 6.45) is -1.13. The van der Waals surface area contributed by atoms with Gasteiger partial charge in [0, 0.05) is 61.0 Å². The van der Waals surface area contributed by atoms with Gasteiger partial charge >= 0.3 is 6.18 Å². The fourth-order valence-electron chi connectivity index (χ4n) is 3.29. The van der Waals surface area contributed by atoms with Crippen molar-refractivity contribution in [3.8, 4) is 0 Å². The molecule has 2 saturated heterocycles. The third-order valence-corrected chi connectivity index (χ3v) is 5.58. The Bertz CT molecular complexity index is 378. The van der Waals surface area contributed by atoms with E-state index < -0.39 is 12.7 Å². The Morgan fingerprint density at radius 2 is 1.68 bits per heavy atom. The average Bonchev–Trinajstić information content (AvgIpc) is 2.46. The monoisotopic (exact) mass is 433 g/mol. The number of rotatable bonds is 3. The molecule has 0 aromatic heterocycles. The molecule has 2 aliphatic heterocycles. The number of alkyl halides is 3. The van der Waals surface area contributed by atoms with Crippen molar-refractivity contribution in [3.63, 3.8) is 0 Å². The molecule has 2 aliphatic rings. The Hall–Kier alpha value is -0.0900. The molecule has 2 rings (SSSR count). The van der Waals surface area contributed by atoms with Crippen LogP contribution >= 0.6 is 22.9 Å². The van der Waals surface area contributed by atoms with E-state index in [9.17, 15) is 18.0 Å². The number of likely N-dealkylation sites (tertiary alicyclic amines) is 1. The largest absolute Gasteiger partial charge is 0.401 e. The van der Waals surface area contributed by atoms with Crippen molar-refractivity contribution in [2.24, 2.45) is 5.92 Å². The zero-order chi connectivity index (χ0) is 16.3. The number of carbonyl (C=O) groups excluding carboxylic acids is 1. The van der Waals surface area contributed by atoms with E-state index in [2.05, 4.69) is 26.0 Å². The molecule has 0 unspecified atom stereocenters. The second kappa shape index (κ2) is 7.65. The van der Waals surface area contributed by atoms with Crippen LogP contribution < -0.4 is 0 Å². The molecule has 4 nitrogen and oxygen atoms in total. The van der Waals surface area contributed by atoms with E-state index in [1.165, 1.54) is 11.9 Å². The highest BCUT2D eigenvalue weighted by atomic mass is 127. The first-order chi connectivity index (χ1) is 10.3. The van der Waals surface area contributed by atoms with Gasteiger partial charge in [0.1, 0.15) is 0 Å². The molecule has 0 aromatic carbocycles. The fraction of sp³-hybridized carbons (Fsp3) is 0.929. The highest BCUT2D eigenvalue weighted by Crippen LogP contribution is 2.25. The maximum absolute atomic E-state index is 12.5. The zero-order valence-corrected chi connectivity index (χ0v) is 14.9. The Balaban J connectivity index is 1.78. The van der Waals surface area contributed by atoms with Crippen LogP contribution in [0, 0.1) is 5.92 Å². The molecule has 22 heavy (non-hydrogen) atoms. The van der Waals surface area contributed by atoms with Gasteiger partial charge in [0.15, 0.2) is 0 Å². The van der Waals surface area contributed by atoms with Gasteiger partial charge in [-0.05, 0) is 32.7 Å². The minimum absolute atomic E-state index is 0.0816. The summed E-state index contributed by atoms with van der Waals surface area (Å²) in [5.74, 6) is 0.289. The number of amides is 1. The first kappa shape index (κ1) is 18.3. The second-order valence-corrected chi connectivity index (χ2v) is 7.64. The normalized spacial score (nSPS) is 23.3. The topological polar surface area (TPSA) is 26.8 Å². The molecule has 1 amide bonds. The lowest BCUT2D eigenvalue weighted by Gasteiger charge is -2.39. The van der Waals surface area contributed by atoms with E-state index >= 15 is 0 Å². The van der Waals surface area contributed by atoms with E-state index in [1.54, 1.807) is 0 Å². The number of piperidine rings is 2. The van der Waals surface area contributed by atoms with Gasteiger partial charge in [-0.25, -0.2) is 3.11 Å². The maximum Gasteiger partial charge on any atom is 0.401 e. The third kappa shape index (κ3) is 5.23. The summed E-state index contributed by atoms with van der Waals surface area (Å²) in [4.78, 5) is 15.7. The van der Waals surface area contributed by atoms with Gasteiger partial charge < -0.3 is 4.90 Å². The van der Waals surface area contributed by atoms with Gasteiger partial charge in [-0.15, -0.1) is 0 Å². The van der Waals surface area contributed by atoms with E-state index in [-0.39, 0.29) is 17.9 Å². The first-order valence-electron chi connectivity index (χ1n) is 7.73. The van der Waals surface area contributed by atoms with Crippen molar-refractivity contribution in [2.45, 2.75) is 37.9 Å². The molecule has 0 atom stereocenters. The lowest BCUT2D eigenvalue weighted by Crippen LogP contribution is -2.49. The van der Waals surface area contributed by atoms with Crippen LogP contribution in [0.4, 0.5) is 13.2 Å². The number of hydrogen-bond donors (Lipinski definition) is 0. The number of nitrogens with zero attached hydrogens (tertiary/aromatic N) is 3. The van der Waals surface area contributed by atoms with E-state index in [0.29, 0.717) is 25.9 Å². The van der Waals surface area contributed by atoms with Crippen molar-refractivity contribution in [1.29, 1.82) is 0 Å². The van der Waals surface area contributed by atoms with Gasteiger partial charge in [-0.1, -0.05) is 0 Å². The first-order valence-corrected chi connectivity index (χ1v) is 8.69. The predicted molar refractivity (Wildman–Crippen MR) is 86.6 cm³/mol. The Kier molecular flexibility index (Phi) is 6.35. The summed E-state index contributed by atoms with van der Waals surface area (Å²) in [6, 6.07) is -0.0816. The summed E-state index contributed by atoms with van der Waals surface area (Å²) < 4.78 is 39.5. The second-order valence-electron chi connectivity index (χ2n) is 6.27. The molecule has 8 heteroatoms. The van der Waals surface area contributed by atoms with Gasteiger partial charge in [0.05, 0.1) is 6.54 Å². The predicted octanol–water partition coefficient (Wildman–Crippen LogP) is 2.53. The van der Waals surface area contributed by atoms with Crippen LogP contribution in [0.3, 0.4) is 0 Å². The van der Waals surface area contributed by atoms with Crippen molar-refractivity contribution in [2.75, 3.05) is 39.8 Å². The molecule has 2 fully saturated rings. The molecule has 0 aromatic rings. The molecule has 128 valence electrons. The van der Waals surface area contributed by atoms with Crippen molar-refractivity contribution in [3.05, 3.63) is 0 Å². The minimum Gasteiger partial charge on any atom is -0.342 e. The summed E-state index contributed by atoms with van der Waals surface area (Å²) in [7, 11) is 1.52. The van der Waals surface area contributed by atoms with Crippen LogP contribution in [0.2, 0.25) is 0 Å². The molecule has 0 saturated carbocycles. The number of carbonyl (C=O) groups is 1. The lowest BCUT2D eigenvalue weighted by atomic mass is 9.94. The number of halogens is 4. The van der Waals surface area contributed by atoms with E-state index in [1.807, 2.05) is 4.90 Å². The Morgan fingerprint density at radius 3 is 2.18 bits per heavy atom. The SMILES string of the molecule is CN(CC(F)(F)F)C1CCN(C(=O)C2CCN(I)CC2)CC1. The minimum atomic E-state index is -4.16. The van der Waals surface area contributed by atoms with Crippen molar-refractivity contribution < 1.29 is 18.0 Å². The molecule has 0 aliphatic carbocycles. The molecule has 0 radical (unpaired) electrons. The van der Waals surface area contributed by atoms with Gasteiger partial charge in [-0.3, -0.25) is 9.69 Å². The zero-order valence-electron chi connectivity index (χ0n) is 12.8. The highest BCUT2D eigenvalue weighted by molar-refractivity contribution is 14.1. The molecule has 0 spiro atoms. The summed E-state index contributed by atoms with van der Waals surface area (Å²) in [5, 5.41) is 0. The summed E-state index contributed by atoms with van der Waals surface area (Å²) >= 11 is 2.28. The van der Waals surface area contributed by atoms with Crippen molar-refractivity contribution >= 4 is 28.8 Å². The quantitative estimate of drug-likeness (QED) is 0.506. The van der Waals surface area contributed by atoms with Gasteiger partial charge in [0.2, 0.25) is 5.91 Å². The summed E-state index contributed by atoms with van der Waals surface area (Å²) in [6.45, 7) is 2.15. The molecular formula is C14H23F3IN3O. The van der Waals surface area contributed by atoms with Crippen LogP contribution in [0.1, 0.15) is 25.7 Å². The van der Waals surface area contributed by atoms with Crippen LogP contribution in [-0.2, 0) is 4.79 Å². The Morgan fingerprint density at radius 1 is 1.14 bits per heavy atom. The van der Waals surface area contributed by atoms with Crippen LogP contribution in [-0.4, -0.2) is 70.8 Å². The molecule has 0 bridgehead atoms. The van der Waals surface area contributed by atoms with E-state index in [4.69, 9.17) is 0 Å². The average molecular weight is 433 g/mol. The highest BCUT2D eigenvalue weighted by Gasteiger charge is 2.35. The number of hydrogen-bond acceptors (Lipinski definition) is 3. The molecule has 0 N–H and O–H groups in total. The van der Waals surface area contributed by atoms with E-state index in [0.717, 1.165) is 25.9 Å². The van der Waals surface area contributed by atoms with Gasteiger partial charge in [-0.2, -0.15) is 13.2 Å². The lowest BCUT2D eigenvalue weighted by molar-refractivity contribution is -0.151. The molecule has 2 heterocycles.